The minimum atomic E-state index is -3.85. The second-order valence-corrected chi connectivity index (χ2v) is 7.53. The van der Waals surface area contributed by atoms with Crippen molar-refractivity contribution in [2.24, 2.45) is 0 Å². The molecular formula is C14H17ClN2O3S. The molecule has 1 aliphatic carbocycles. The van der Waals surface area contributed by atoms with E-state index in [1.807, 2.05) is 6.07 Å². The molecule has 0 saturated heterocycles. The minimum Gasteiger partial charge on any atom is -0.389 e. The molecule has 2 rings (SSSR count). The number of hydrogen-bond donors (Lipinski definition) is 2. The average molecular weight is 329 g/mol. The van der Waals surface area contributed by atoms with E-state index < -0.39 is 15.6 Å². The fraction of sp³-hybridized carbons (Fsp3) is 0.500. The molecule has 21 heavy (non-hydrogen) atoms. The Morgan fingerprint density at radius 3 is 2.62 bits per heavy atom. The van der Waals surface area contributed by atoms with Crippen LogP contribution in [-0.4, -0.2) is 25.7 Å². The van der Waals surface area contributed by atoms with Gasteiger partial charge in [0.1, 0.15) is 6.07 Å². The van der Waals surface area contributed by atoms with Crippen molar-refractivity contribution >= 4 is 21.6 Å². The summed E-state index contributed by atoms with van der Waals surface area (Å²) in [5, 5.41) is 19.7. The maximum Gasteiger partial charge on any atom is 0.241 e. The monoisotopic (exact) mass is 328 g/mol. The van der Waals surface area contributed by atoms with Crippen molar-refractivity contribution in [1.82, 2.24) is 4.72 Å². The zero-order valence-electron chi connectivity index (χ0n) is 11.5. The van der Waals surface area contributed by atoms with E-state index in [0.29, 0.717) is 17.9 Å². The van der Waals surface area contributed by atoms with Gasteiger partial charge in [0.15, 0.2) is 0 Å². The molecule has 0 bridgehead atoms. The number of rotatable bonds is 4. The van der Waals surface area contributed by atoms with E-state index in [4.69, 9.17) is 16.9 Å². The zero-order chi connectivity index (χ0) is 15.5. The zero-order valence-corrected chi connectivity index (χ0v) is 13.0. The van der Waals surface area contributed by atoms with E-state index in [9.17, 15) is 13.5 Å². The van der Waals surface area contributed by atoms with Crippen molar-refractivity contribution in [2.45, 2.75) is 42.6 Å². The predicted octanol–water partition coefficient (Wildman–Crippen LogP) is 2.19. The van der Waals surface area contributed by atoms with E-state index >= 15 is 0 Å². The Kier molecular flexibility index (Phi) is 4.89. The van der Waals surface area contributed by atoms with E-state index in [1.165, 1.54) is 18.2 Å². The standard InChI is InChI=1S/C14H17ClN2O3S/c15-12-4-5-13(11(8-12)9-16)21(19,20)17-10-14(18)6-2-1-3-7-14/h4-5,8,17-18H,1-3,6-7,10H2. The van der Waals surface area contributed by atoms with Gasteiger partial charge in [-0.05, 0) is 31.0 Å². The Morgan fingerprint density at radius 2 is 2.00 bits per heavy atom. The number of halogens is 1. The fourth-order valence-electron chi connectivity index (χ4n) is 2.52. The van der Waals surface area contributed by atoms with Crippen molar-refractivity contribution in [3.8, 4) is 6.07 Å². The Hall–Kier alpha value is -1.13. The Balaban J connectivity index is 2.17. The number of hydrogen-bond acceptors (Lipinski definition) is 4. The molecule has 1 aromatic rings. The molecule has 1 aliphatic rings. The van der Waals surface area contributed by atoms with Crippen molar-refractivity contribution in [1.29, 1.82) is 5.26 Å². The van der Waals surface area contributed by atoms with Gasteiger partial charge in [-0.2, -0.15) is 5.26 Å². The Bertz CT molecular complexity index is 661. The first-order valence-corrected chi connectivity index (χ1v) is 8.64. The second-order valence-electron chi connectivity index (χ2n) is 5.36. The molecule has 2 N–H and O–H groups in total. The molecule has 0 radical (unpaired) electrons. The van der Waals surface area contributed by atoms with Crippen molar-refractivity contribution in [3.63, 3.8) is 0 Å². The van der Waals surface area contributed by atoms with Crippen LogP contribution in [0.4, 0.5) is 0 Å². The highest BCUT2D eigenvalue weighted by atomic mass is 35.5. The molecule has 0 amide bonds. The molecule has 0 spiro atoms. The molecule has 1 fully saturated rings. The van der Waals surface area contributed by atoms with Gasteiger partial charge in [0.2, 0.25) is 10.0 Å². The molecule has 1 saturated carbocycles. The third-order valence-electron chi connectivity index (χ3n) is 3.73. The number of aliphatic hydroxyl groups is 1. The van der Waals surface area contributed by atoms with Gasteiger partial charge in [-0.25, -0.2) is 13.1 Å². The van der Waals surface area contributed by atoms with Crippen LogP contribution in [0.3, 0.4) is 0 Å². The SMILES string of the molecule is N#Cc1cc(Cl)ccc1S(=O)(=O)NCC1(O)CCCCC1. The van der Waals surface area contributed by atoms with Crippen LogP contribution in [0.2, 0.25) is 5.02 Å². The number of nitrogens with one attached hydrogen (secondary N) is 1. The summed E-state index contributed by atoms with van der Waals surface area (Å²) in [5.74, 6) is 0. The number of nitriles is 1. The molecule has 5 nitrogen and oxygen atoms in total. The van der Waals surface area contributed by atoms with Crippen molar-refractivity contribution in [3.05, 3.63) is 28.8 Å². The maximum absolute atomic E-state index is 12.3. The van der Waals surface area contributed by atoms with Crippen molar-refractivity contribution < 1.29 is 13.5 Å². The lowest BCUT2D eigenvalue weighted by molar-refractivity contribution is 0.00945. The lowest BCUT2D eigenvalue weighted by Gasteiger charge is -2.32. The molecular weight excluding hydrogens is 312 g/mol. The first-order valence-electron chi connectivity index (χ1n) is 6.78. The number of benzene rings is 1. The summed E-state index contributed by atoms with van der Waals surface area (Å²) in [6.45, 7) is -0.0389. The molecule has 7 heteroatoms. The van der Waals surface area contributed by atoms with E-state index in [0.717, 1.165) is 19.3 Å². The van der Waals surface area contributed by atoms with Crippen molar-refractivity contribution in [2.75, 3.05) is 6.54 Å². The lowest BCUT2D eigenvalue weighted by Crippen LogP contribution is -2.44. The van der Waals surface area contributed by atoms with Crippen LogP contribution in [0.1, 0.15) is 37.7 Å². The maximum atomic E-state index is 12.3. The number of sulfonamides is 1. The third-order valence-corrected chi connectivity index (χ3v) is 5.42. The fourth-order valence-corrected chi connectivity index (χ4v) is 3.95. The molecule has 0 heterocycles. The third kappa shape index (κ3) is 3.95. The van der Waals surface area contributed by atoms with Gasteiger partial charge in [-0.15, -0.1) is 0 Å². The number of nitrogens with zero attached hydrogens (tertiary/aromatic N) is 1. The van der Waals surface area contributed by atoms with Gasteiger partial charge in [0, 0.05) is 11.6 Å². The van der Waals surface area contributed by atoms with E-state index in [2.05, 4.69) is 4.72 Å². The van der Waals surface area contributed by atoms with Crippen LogP contribution < -0.4 is 4.72 Å². The first-order chi connectivity index (χ1) is 9.86. The van der Waals surface area contributed by atoms with Crippen LogP contribution in [0.25, 0.3) is 0 Å². The van der Waals surface area contributed by atoms with Crippen LogP contribution in [0, 0.1) is 11.3 Å². The van der Waals surface area contributed by atoms with Gasteiger partial charge in [-0.1, -0.05) is 30.9 Å². The largest absolute Gasteiger partial charge is 0.389 e. The van der Waals surface area contributed by atoms with Crippen LogP contribution in [-0.2, 0) is 10.0 Å². The van der Waals surface area contributed by atoms with Gasteiger partial charge >= 0.3 is 0 Å². The molecule has 0 aliphatic heterocycles. The molecule has 1 aromatic carbocycles. The van der Waals surface area contributed by atoms with Gasteiger partial charge in [0.05, 0.1) is 16.1 Å². The smallest absolute Gasteiger partial charge is 0.241 e. The molecule has 0 aromatic heterocycles. The summed E-state index contributed by atoms with van der Waals surface area (Å²) in [6, 6.07) is 5.86. The van der Waals surface area contributed by atoms with Crippen LogP contribution in [0.15, 0.2) is 23.1 Å². The van der Waals surface area contributed by atoms with Crippen LogP contribution >= 0.6 is 11.6 Å². The minimum absolute atomic E-state index is 0.00867. The topological polar surface area (TPSA) is 90.2 Å². The van der Waals surface area contributed by atoms with Gasteiger partial charge in [0.25, 0.3) is 0 Å². The lowest BCUT2D eigenvalue weighted by atomic mass is 9.85. The summed E-state index contributed by atoms with van der Waals surface area (Å²) in [4.78, 5) is -0.117. The summed E-state index contributed by atoms with van der Waals surface area (Å²) in [7, 11) is -3.85. The second kappa shape index (κ2) is 6.32. The van der Waals surface area contributed by atoms with Gasteiger partial charge < -0.3 is 5.11 Å². The van der Waals surface area contributed by atoms with Gasteiger partial charge in [-0.3, -0.25) is 0 Å². The summed E-state index contributed by atoms with van der Waals surface area (Å²) < 4.78 is 27.0. The van der Waals surface area contributed by atoms with E-state index in [1.54, 1.807) is 0 Å². The Labute approximate surface area is 129 Å². The van der Waals surface area contributed by atoms with E-state index in [-0.39, 0.29) is 17.0 Å². The highest BCUT2D eigenvalue weighted by Gasteiger charge is 2.31. The normalized spacial score (nSPS) is 18.1. The molecule has 114 valence electrons. The Morgan fingerprint density at radius 1 is 1.33 bits per heavy atom. The average Bonchev–Trinajstić information content (AvgIpc) is 2.46. The molecule has 0 unspecified atom stereocenters. The summed E-state index contributed by atoms with van der Waals surface area (Å²) >= 11 is 5.76. The predicted molar refractivity (Wildman–Crippen MR) is 79.4 cm³/mol. The summed E-state index contributed by atoms with van der Waals surface area (Å²) in [6.07, 6.45) is 4.01. The quantitative estimate of drug-likeness (QED) is 0.886. The van der Waals surface area contributed by atoms with Crippen LogP contribution in [0.5, 0.6) is 0 Å². The first kappa shape index (κ1) is 16.2. The molecule has 0 atom stereocenters. The highest BCUT2D eigenvalue weighted by Crippen LogP contribution is 2.28. The highest BCUT2D eigenvalue weighted by molar-refractivity contribution is 7.89. The summed E-state index contributed by atoms with van der Waals surface area (Å²) in [5.41, 5.74) is -1.00.